The molecule has 0 saturated carbocycles. The molecule has 0 fully saturated rings. The number of carbonyl (C=O) groups excluding carboxylic acids is 1. The van der Waals surface area contributed by atoms with Crippen molar-refractivity contribution in [3.05, 3.63) is 0 Å². The zero-order valence-corrected chi connectivity index (χ0v) is 10.6. The molecule has 0 spiro atoms. The van der Waals surface area contributed by atoms with Crippen LogP contribution in [-0.2, 0) is 14.3 Å². The van der Waals surface area contributed by atoms with E-state index in [1.54, 1.807) is 6.26 Å². The summed E-state index contributed by atoms with van der Waals surface area (Å²) < 4.78 is 10.4. The van der Waals surface area contributed by atoms with Gasteiger partial charge in [-0.25, -0.2) is 0 Å². The molecule has 90 valence electrons. The van der Waals surface area contributed by atoms with Gasteiger partial charge in [-0.15, -0.1) is 0 Å². The van der Waals surface area contributed by atoms with E-state index in [4.69, 9.17) is 9.47 Å². The minimum absolute atomic E-state index is 0.0523. The van der Waals surface area contributed by atoms with E-state index in [0.29, 0.717) is 25.9 Å². The highest BCUT2D eigenvalue weighted by Crippen LogP contribution is 1.94. The van der Waals surface area contributed by atoms with E-state index in [9.17, 15) is 4.79 Å². The molecule has 15 heavy (non-hydrogen) atoms. The molecule has 0 atom stereocenters. The molecule has 0 aliphatic rings. The van der Waals surface area contributed by atoms with Crippen molar-refractivity contribution in [1.29, 1.82) is 0 Å². The van der Waals surface area contributed by atoms with E-state index < -0.39 is 0 Å². The Morgan fingerprint density at radius 2 is 1.93 bits per heavy atom. The fraction of sp³-hybridized carbons (Fsp3) is 0.900. The predicted molar refractivity (Wildman–Crippen MR) is 63.3 cm³/mol. The molecule has 0 aromatic carbocycles. The summed E-state index contributed by atoms with van der Waals surface area (Å²) in [7, 11) is 0. The summed E-state index contributed by atoms with van der Waals surface area (Å²) in [4.78, 5) is 10.8. The zero-order valence-electron chi connectivity index (χ0n) is 9.75. The van der Waals surface area contributed by atoms with Crippen LogP contribution >= 0.6 is 11.8 Å². The van der Waals surface area contributed by atoms with Gasteiger partial charge in [-0.3, -0.25) is 4.79 Å². The van der Waals surface area contributed by atoms with Crippen molar-refractivity contribution in [2.75, 3.05) is 39.2 Å². The third-order valence-electron chi connectivity index (χ3n) is 1.62. The molecule has 1 N–H and O–H groups in total. The van der Waals surface area contributed by atoms with Crippen molar-refractivity contribution in [2.45, 2.75) is 19.9 Å². The van der Waals surface area contributed by atoms with Gasteiger partial charge in [0.05, 0.1) is 19.8 Å². The number of thioether (sulfide) groups is 1. The van der Waals surface area contributed by atoms with E-state index >= 15 is 0 Å². The Hall–Kier alpha value is -0.100. The van der Waals surface area contributed by atoms with Crippen molar-refractivity contribution < 1.29 is 14.3 Å². The summed E-state index contributed by atoms with van der Waals surface area (Å²) in [5.74, 6) is 0. The lowest BCUT2D eigenvalue weighted by Gasteiger charge is -2.08. The molecule has 0 saturated heterocycles. The van der Waals surface area contributed by atoms with Crippen LogP contribution in [0.4, 0.5) is 0 Å². The molecule has 0 radical (unpaired) electrons. The molecule has 0 rings (SSSR count). The van der Waals surface area contributed by atoms with Crippen LogP contribution in [0.15, 0.2) is 0 Å². The summed E-state index contributed by atoms with van der Waals surface area (Å²) in [6, 6.07) is 0.490. The molecule has 0 heterocycles. The maximum Gasteiger partial charge on any atom is 0.214 e. The van der Waals surface area contributed by atoms with Crippen LogP contribution in [0.2, 0.25) is 0 Å². The average molecular weight is 235 g/mol. The minimum atomic E-state index is 0.0523. The maximum absolute atomic E-state index is 10.8. The first-order valence-electron chi connectivity index (χ1n) is 5.12. The first kappa shape index (κ1) is 14.9. The summed E-state index contributed by atoms with van der Waals surface area (Å²) in [6.45, 7) is 6.91. The van der Waals surface area contributed by atoms with Crippen LogP contribution in [0.1, 0.15) is 13.8 Å². The van der Waals surface area contributed by atoms with Crippen LogP contribution in [-0.4, -0.2) is 50.4 Å². The summed E-state index contributed by atoms with van der Waals surface area (Å²) in [6.07, 6.45) is 1.75. The second-order valence-electron chi connectivity index (χ2n) is 3.35. The topological polar surface area (TPSA) is 47.6 Å². The van der Waals surface area contributed by atoms with Crippen molar-refractivity contribution in [2.24, 2.45) is 0 Å². The normalized spacial score (nSPS) is 10.9. The largest absolute Gasteiger partial charge is 0.378 e. The van der Waals surface area contributed by atoms with Crippen LogP contribution < -0.4 is 5.32 Å². The highest BCUT2D eigenvalue weighted by molar-refractivity contribution is 8.13. The number of ether oxygens (including phenoxy) is 2. The Morgan fingerprint density at radius 1 is 1.27 bits per heavy atom. The first-order chi connectivity index (χ1) is 7.16. The average Bonchev–Trinajstić information content (AvgIpc) is 2.21. The lowest BCUT2D eigenvalue weighted by atomic mass is 10.4. The van der Waals surface area contributed by atoms with Gasteiger partial charge in [0.15, 0.2) is 0 Å². The molecule has 0 amide bonds. The van der Waals surface area contributed by atoms with E-state index in [1.807, 2.05) is 0 Å². The minimum Gasteiger partial charge on any atom is -0.378 e. The molecular weight excluding hydrogens is 214 g/mol. The second kappa shape index (κ2) is 10.4. The first-order valence-corrected chi connectivity index (χ1v) is 6.35. The SMILES string of the molecule is CSC(=O)COCCOCCNC(C)C. The zero-order chi connectivity index (χ0) is 11.5. The Morgan fingerprint density at radius 3 is 2.53 bits per heavy atom. The van der Waals surface area contributed by atoms with Crippen LogP contribution in [0.3, 0.4) is 0 Å². The van der Waals surface area contributed by atoms with Crippen molar-refractivity contribution in [3.8, 4) is 0 Å². The molecule has 0 bridgehead atoms. The molecule has 5 heteroatoms. The highest BCUT2D eigenvalue weighted by Gasteiger charge is 1.98. The maximum atomic E-state index is 10.8. The van der Waals surface area contributed by atoms with Gasteiger partial charge in [0.1, 0.15) is 6.61 Å². The van der Waals surface area contributed by atoms with Gasteiger partial charge in [0, 0.05) is 12.6 Å². The standard InChI is InChI=1S/C10H21NO3S/c1-9(2)11-4-5-13-6-7-14-8-10(12)15-3/h9,11H,4-8H2,1-3H3. The lowest BCUT2D eigenvalue weighted by molar-refractivity contribution is -0.115. The smallest absolute Gasteiger partial charge is 0.214 e. The quantitative estimate of drug-likeness (QED) is 0.602. The van der Waals surface area contributed by atoms with E-state index in [0.717, 1.165) is 6.54 Å². The van der Waals surface area contributed by atoms with Gasteiger partial charge in [-0.2, -0.15) is 0 Å². The van der Waals surface area contributed by atoms with Crippen molar-refractivity contribution >= 4 is 16.9 Å². The van der Waals surface area contributed by atoms with Crippen molar-refractivity contribution in [3.63, 3.8) is 0 Å². The van der Waals surface area contributed by atoms with E-state index in [1.165, 1.54) is 11.8 Å². The Kier molecular flexibility index (Phi) is 10.3. The highest BCUT2D eigenvalue weighted by atomic mass is 32.2. The predicted octanol–water partition coefficient (Wildman–Crippen LogP) is 0.907. The Labute approximate surface area is 96.1 Å². The lowest BCUT2D eigenvalue weighted by Crippen LogP contribution is -2.27. The van der Waals surface area contributed by atoms with Crippen LogP contribution in [0.5, 0.6) is 0 Å². The molecule has 4 nitrogen and oxygen atoms in total. The monoisotopic (exact) mass is 235 g/mol. The fourth-order valence-electron chi connectivity index (χ4n) is 0.854. The molecule has 0 aliphatic heterocycles. The van der Waals surface area contributed by atoms with Gasteiger partial charge in [0.25, 0.3) is 0 Å². The van der Waals surface area contributed by atoms with Gasteiger partial charge >= 0.3 is 0 Å². The molecule has 0 aromatic rings. The number of carbonyl (C=O) groups is 1. The van der Waals surface area contributed by atoms with Crippen LogP contribution in [0, 0.1) is 0 Å². The van der Waals surface area contributed by atoms with Gasteiger partial charge in [0.2, 0.25) is 5.12 Å². The number of nitrogens with one attached hydrogen (secondary N) is 1. The number of hydrogen-bond acceptors (Lipinski definition) is 5. The molecular formula is C10H21NO3S. The van der Waals surface area contributed by atoms with E-state index in [-0.39, 0.29) is 11.7 Å². The van der Waals surface area contributed by atoms with Gasteiger partial charge in [-0.05, 0) is 6.26 Å². The number of hydrogen-bond donors (Lipinski definition) is 1. The summed E-state index contributed by atoms with van der Waals surface area (Å²) >= 11 is 1.19. The van der Waals surface area contributed by atoms with Crippen molar-refractivity contribution in [1.82, 2.24) is 5.32 Å². The fourth-order valence-corrected chi connectivity index (χ4v) is 1.06. The second-order valence-corrected chi connectivity index (χ2v) is 4.21. The Balaban J connectivity index is 3.02. The van der Waals surface area contributed by atoms with Gasteiger partial charge in [-0.1, -0.05) is 25.6 Å². The third-order valence-corrected chi connectivity index (χ3v) is 2.19. The van der Waals surface area contributed by atoms with Crippen LogP contribution in [0.25, 0.3) is 0 Å². The molecule has 0 aliphatic carbocycles. The van der Waals surface area contributed by atoms with E-state index in [2.05, 4.69) is 19.2 Å². The Bertz CT molecular complexity index is 165. The third kappa shape index (κ3) is 11.8. The summed E-state index contributed by atoms with van der Waals surface area (Å²) in [5.41, 5.74) is 0. The molecule has 0 aromatic heterocycles. The summed E-state index contributed by atoms with van der Waals surface area (Å²) in [5, 5.41) is 3.29. The molecule has 0 unspecified atom stereocenters. The van der Waals surface area contributed by atoms with Gasteiger partial charge < -0.3 is 14.8 Å². The number of rotatable bonds is 9.